The smallest absolute Gasteiger partial charge is 0.414 e. The monoisotopic (exact) mass is 400 g/mol. The molecule has 0 saturated carbocycles. The van der Waals surface area contributed by atoms with Crippen molar-refractivity contribution in [3.8, 4) is 0 Å². The van der Waals surface area contributed by atoms with E-state index in [1.54, 1.807) is 0 Å². The number of hydrogen-bond donors (Lipinski definition) is 3. The van der Waals surface area contributed by atoms with Crippen molar-refractivity contribution in [2.75, 3.05) is 0 Å². The molecule has 0 unspecified atom stereocenters. The molecule has 1 heterocycles. The van der Waals surface area contributed by atoms with Gasteiger partial charge in [-0.25, -0.2) is 14.6 Å². The molecule has 0 aliphatic rings. The van der Waals surface area contributed by atoms with Crippen LogP contribution in [0.25, 0.3) is 0 Å². The first kappa shape index (κ1) is 27.8. The van der Waals surface area contributed by atoms with Gasteiger partial charge in [0.15, 0.2) is 0 Å². The number of aliphatic carboxylic acids is 3. The number of rotatable bonds is 12. The number of imidazole rings is 1. The highest BCUT2D eigenvalue weighted by atomic mass is 16.4. The summed E-state index contributed by atoms with van der Waals surface area (Å²) in [5, 5.41) is 23.0. The molecule has 8 heteroatoms. The standard InChI is InChI=1S/C11H20N2.C7H14O2.C2H2O4/c1-2-3-4-5-6-7-9-13-10-8-12-11-13;1-2-3-4-5-6-7(8)9;3-1(4)2(5)6/h8,10-11H,2-7,9H2,1H3;2-6H2,1H3,(H,8,9);(H,3,4)(H,5,6). The minimum absolute atomic E-state index is 0.333. The van der Waals surface area contributed by atoms with Gasteiger partial charge in [-0.2, -0.15) is 0 Å². The van der Waals surface area contributed by atoms with E-state index in [4.69, 9.17) is 24.9 Å². The minimum atomic E-state index is -1.82. The van der Waals surface area contributed by atoms with Crippen LogP contribution in [0.5, 0.6) is 0 Å². The topological polar surface area (TPSA) is 130 Å². The summed E-state index contributed by atoms with van der Waals surface area (Å²) in [6.07, 6.45) is 18.5. The number of aryl methyl sites for hydroxylation is 1. The fourth-order valence-electron chi connectivity index (χ4n) is 2.20. The zero-order valence-electron chi connectivity index (χ0n) is 17.2. The molecule has 0 radical (unpaired) electrons. The van der Waals surface area contributed by atoms with Gasteiger partial charge in [0.1, 0.15) is 0 Å². The van der Waals surface area contributed by atoms with Crippen molar-refractivity contribution in [2.45, 2.75) is 91.0 Å². The van der Waals surface area contributed by atoms with Crippen LogP contribution in [0.4, 0.5) is 0 Å². The summed E-state index contributed by atoms with van der Waals surface area (Å²) >= 11 is 0. The molecule has 0 amide bonds. The molecule has 0 aromatic carbocycles. The van der Waals surface area contributed by atoms with Crippen molar-refractivity contribution in [3.05, 3.63) is 18.7 Å². The zero-order valence-corrected chi connectivity index (χ0v) is 17.2. The van der Waals surface area contributed by atoms with Gasteiger partial charge in [-0.15, -0.1) is 0 Å². The maximum absolute atomic E-state index is 9.96. The molecular weight excluding hydrogens is 364 g/mol. The van der Waals surface area contributed by atoms with Crippen LogP contribution in [0.15, 0.2) is 18.7 Å². The third-order valence-electron chi connectivity index (χ3n) is 3.76. The maximum atomic E-state index is 9.96. The van der Waals surface area contributed by atoms with E-state index < -0.39 is 17.9 Å². The summed E-state index contributed by atoms with van der Waals surface area (Å²) in [6.45, 7) is 5.50. The first-order valence-electron chi connectivity index (χ1n) is 9.98. The number of nitrogens with zero attached hydrogens (tertiary/aromatic N) is 2. The van der Waals surface area contributed by atoms with Crippen LogP contribution in [0.1, 0.15) is 84.5 Å². The number of carboxylic acid groups (broad SMARTS) is 3. The predicted octanol–water partition coefficient (Wildman–Crippen LogP) is 4.44. The van der Waals surface area contributed by atoms with E-state index in [0.717, 1.165) is 25.8 Å². The zero-order chi connectivity index (χ0) is 21.6. The van der Waals surface area contributed by atoms with Gasteiger partial charge in [0.25, 0.3) is 0 Å². The number of carbonyl (C=O) groups is 3. The lowest BCUT2D eigenvalue weighted by Crippen LogP contribution is -2.09. The summed E-state index contributed by atoms with van der Waals surface area (Å²) in [5.74, 6) is -4.32. The third-order valence-corrected chi connectivity index (χ3v) is 3.76. The van der Waals surface area contributed by atoms with Gasteiger partial charge >= 0.3 is 17.9 Å². The SMILES string of the molecule is CCCCCCC(=O)O.CCCCCCCCn1ccnc1.O=C(O)C(=O)O. The average Bonchev–Trinajstić information content (AvgIpc) is 3.16. The summed E-state index contributed by atoms with van der Waals surface area (Å²) in [7, 11) is 0. The van der Waals surface area contributed by atoms with Gasteiger partial charge in [-0.1, -0.05) is 65.2 Å². The Labute approximate surface area is 167 Å². The number of hydrogen-bond acceptors (Lipinski definition) is 4. The first-order valence-corrected chi connectivity index (χ1v) is 9.98. The highest BCUT2D eigenvalue weighted by molar-refractivity contribution is 6.27. The van der Waals surface area contributed by atoms with Crippen LogP contribution < -0.4 is 0 Å². The second-order valence-electron chi connectivity index (χ2n) is 6.38. The molecule has 0 atom stereocenters. The molecule has 3 N–H and O–H groups in total. The molecule has 0 fully saturated rings. The minimum Gasteiger partial charge on any atom is -0.481 e. The van der Waals surface area contributed by atoms with E-state index in [1.165, 1.54) is 44.9 Å². The molecule has 8 nitrogen and oxygen atoms in total. The molecule has 0 aliphatic heterocycles. The lowest BCUT2D eigenvalue weighted by Gasteiger charge is -2.01. The van der Waals surface area contributed by atoms with Gasteiger partial charge in [-0.3, -0.25) is 4.79 Å². The van der Waals surface area contributed by atoms with E-state index in [1.807, 2.05) is 18.7 Å². The highest BCUT2D eigenvalue weighted by Gasteiger charge is 2.04. The Bertz CT molecular complexity index is 491. The van der Waals surface area contributed by atoms with Crippen molar-refractivity contribution >= 4 is 17.9 Å². The van der Waals surface area contributed by atoms with E-state index in [-0.39, 0.29) is 0 Å². The van der Waals surface area contributed by atoms with Gasteiger partial charge in [0, 0.05) is 25.4 Å². The van der Waals surface area contributed by atoms with Crippen LogP contribution in [0.3, 0.4) is 0 Å². The maximum Gasteiger partial charge on any atom is 0.414 e. The van der Waals surface area contributed by atoms with Crippen molar-refractivity contribution in [1.29, 1.82) is 0 Å². The number of carboxylic acids is 3. The highest BCUT2D eigenvalue weighted by Crippen LogP contribution is 2.05. The van der Waals surface area contributed by atoms with Crippen LogP contribution >= 0.6 is 0 Å². The van der Waals surface area contributed by atoms with Crippen molar-refractivity contribution in [1.82, 2.24) is 9.55 Å². The molecule has 162 valence electrons. The summed E-state index contributed by atoms with van der Waals surface area (Å²) in [4.78, 5) is 32.2. The Morgan fingerprint density at radius 2 is 1.29 bits per heavy atom. The van der Waals surface area contributed by atoms with Gasteiger partial charge in [0.2, 0.25) is 0 Å². The first-order chi connectivity index (χ1) is 13.3. The summed E-state index contributed by atoms with van der Waals surface area (Å²) < 4.78 is 2.15. The molecular formula is C20H36N2O6. The molecule has 0 aliphatic carbocycles. The molecule has 0 bridgehead atoms. The Morgan fingerprint density at radius 3 is 1.71 bits per heavy atom. The quantitative estimate of drug-likeness (QED) is 0.349. The second kappa shape index (κ2) is 20.9. The largest absolute Gasteiger partial charge is 0.481 e. The summed E-state index contributed by atoms with van der Waals surface area (Å²) in [5.41, 5.74) is 0. The Balaban J connectivity index is 0. The molecule has 1 rings (SSSR count). The third kappa shape index (κ3) is 23.6. The Morgan fingerprint density at radius 1 is 0.786 bits per heavy atom. The molecule has 1 aromatic heterocycles. The van der Waals surface area contributed by atoms with Crippen LogP contribution in [-0.4, -0.2) is 42.8 Å². The van der Waals surface area contributed by atoms with Gasteiger partial charge < -0.3 is 19.9 Å². The Kier molecular flexibility index (Phi) is 20.8. The van der Waals surface area contributed by atoms with E-state index in [0.29, 0.717) is 6.42 Å². The number of unbranched alkanes of at least 4 members (excludes halogenated alkanes) is 8. The Hall–Kier alpha value is -2.38. The second-order valence-corrected chi connectivity index (χ2v) is 6.38. The lowest BCUT2D eigenvalue weighted by atomic mass is 10.1. The van der Waals surface area contributed by atoms with Crippen LogP contribution in [-0.2, 0) is 20.9 Å². The van der Waals surface area contributed by atoms with Gasteiger partial charge in [-0.05, 0) is 12.8 Å². The normalized spacial score (nSPS) is 9.50. The molecule has 28 heavy (non-hydrogen) atoms. The summed E-state index contributed by atoms with van der Waals surface area (Å²) in [6, 6.07) is 0. The molecule has 0 saturated heterocycles. The van der Waals surface area contributed by atoms with Crippen molar-refractivity contribution < 1.29 is 29.7 Å². The lowest BCUT2D eigenvalue weighted by molar-refractivity contribution is -0.159. The van der Waals surface area contributed by atoms with E-state index in [9.17, 15) is 4.79 Å². The van der Waals surface area contributed by atoms with E-state index in [2.05, 4.69) is 23.4 Å². The van der Waals surface area contributed by atoms with Gasteiger partial charge in [0.05, 0.1) is 6.33 Å². The van der Waals surface area contributed by atoms with E-state index >= 15 is 0 Å². The van der Waals surface area contributed by atoms with Crippen molar-refractivity contribution in [3.63, 3.8) is 0 Å². The van der Waals surface area contributed by atoms with Crippen LogP contribution in [0, 0.1) is 0 Å². The van der Waals surface area contributed by atoms with Crippen LogP contribution in [0.2, 0.25) is 0 Å². The average molecular weight is 401 g/mol. The predicted molar refractivity (Wildman–Crippen MR) is 107 cm³/mol. The fraction of sp³-hybridized carbons (Fsp3) is 0.700. The molecule has 1 aromatic rings. The fourth-order valence-corrected chi connectivity index (χ4v) is 2.20. The molecule has 0 spiro atoms. The number of aromatic nitrogens is 2. The van der Waals surface area contributed by atoms with Crippen molar-refractivity contribution in [2.24, 2.45) is 0 Å².